The standard InChI is InChI=1S/C17H19ClN2O3/c1-3-8-23-17(21)11-4-6-14(13(19)9-11)20-15-10-12(18)5-7-16(15)22-2/h4-7,9-10,20H,3,8,19H2,1-2H3. The van der Waals surface area contributed by atoms with Crippen molar-refractivity contribution in [2.75, 3.05) is 24.8 Å². The van der Waals surface area contributed by atoms with E-state index < -0.39 is 0 Å². The summed E-state index contributed by atoms with van der Waals surface area (Å²) < 4.78 is 10.4. The first-order valence-corrected chi connectivity index (χ1v) is 7.60. The van der Waals surface area contributed by atoms with Gasteiger partial charge in [-0.1, -0.05) is 18.5 Å². The summed E-state index contributed by atoms with van der Waals surface area (Å²) in [5.74, 6) is 0.255. The van der Waals surface area contributed by atoms with E-state index in [1.165, 1.54) is 0 Å². The summed E-state index contributed by atoms with van der Waals surface area (Å²) in [6, 6.07) is 10.2. The first-order valence-electron chi connectivity index (χ1n) is 7.22. The van der Waals surface area contributed by atoms with Crippen LogP contribution in [0.2, 0.25) is 5.02 Å². The van der Waals surface area contributed by atoms with Crippen LogP contribution in [0, 0.1) is 0 Å². The van der Waals surface area contributed by atoms with E-state index in [4.69, 9.17) is 26.8 Å². The van der Waals surface area contributed by atoms with Gasteiger partial charge in [-0.3, -0.25) is 0 Å². The number of carbonyl (C=O) groups is 1. The van der Waals surface area contributed by atoms with Crippen LogP contribution < -0.4 is 15.8 Å². The summed E-state index contributed by atoms with van der Waals surface area (Å²) in [4.78, 5) is 11.8. The fourth-order valence-electron chi connectivity index (χ4n) is 2.00. The molecule has 2 aromatic carbocycles. The third-order valence-electron chi connectivity index (χ3n) is 3.16. The van der Waals surface area contributed by atoms with Crippen LogP contribution in [0.15, 0.2) is 36.4 Å². The monoisotopic (exact) mass is 334 g/mol. The lowest BCUT2D eigenvalue weighted by molar-refractivity contribution is 0.0505. The van der Waals surface area contributed by atoms with Gasteiger partial charge in [0.05, 0.1) is 36.3 Å². The molecule has 23 heavy (non-hydrogen) atoms. The number of rotatable bonds is 6. The molecule has 0 unspecified atom stereocenters. The Hall–Kier alpha value is -2.40. The van der Waals surface area contributed by atoms with Crippen LogP contribution in [-0.4, -0.2) is 19.7 Å². The molecule has 2 rings (SSSR count). The van der Waals surface area contributed by atoms with Gasteiger partial charge in [-0.25, -0.2) is 4.79 Å². The second-order valence-electron chi connectivity index (χ2n) is 4.91. The first kappa shape index (κ1) is 17.0. The number of nitrogens with two attached hydrogens (primary N) is 1. The molecule has 0 bridgehead atoms. The highest BCUT2D eigenvalue weighted by atomic mass is 35.5. The molecule has 3 N–H and O–H groups in total. The fourth-order valence-corrected chi connectivity index (χ4v) is 2.18. The van der Waals surface area contributed by atoms with Crippen molar-refractivity contribution in [3.8, 4) is 5.75 Å². The first-order chi connectivity index (χ1) is 11.0. The highest BCUT2D eigenvalue weighted by molar-refractivity contribution is 6.31. The van der Waals surface area contributed by atoms with Crippen LogP contribution in [0.5, 0.6) is 5.75 Å². The Kier molecular flexibility index (Phi) is 5.71. The van der Waals surface area contributed by atoms with Crippen LogP contribution in [-0.2, 0) is 4.74 Å². The van der Waals surface area contributed by atoms with E-state index in [1.807, 2.05) is 6.92 Å². The number of benzene rings is 2. The zero-order valence-electron chi connectivity index (χ0n) is 13.1. The minimum absolute atomic E-state index is 0.384. The maximum absolute atomic E-state index is 11.8. The summed E-state index contributed by atoms with van der Waals surface area (Å²) in [6.07, 6.45) is 0.773. The lowest BCUT2D eigenvalue weighted by atomic mass is 10.1. The van der Waals surface area contributed by atoms with Crippen molar-refractivity contribution in [2.24, 2.45) is 0 Å². The molecule has 0 saturated heterocycles. The number of ether oxygens (including phenoxy) is 2. The number of carbonyl (C=O) groups excluding carboxylic acids is 1. The van der Waals surface area contributed by atoms with E-state index in [-0.39, 0.29) is 5.97 Å². The van der Waals surface area contributed by atoms with E-state index in [2.05, 4.69) is 5.32 Å². The maximum atomic E-state index is 11.8. The molecule has 0 atom stereocenters. The molecule has 122 valence electrons. The van der Waals surface area contributed by atoms with Gasteiger partial charge in [0.2, 0.25) is 0 Å². The number of anilines is 3. The van der Waals surface area contributed by atoms with E-state index in [9.17, 15) is 4.79 Å². The van der Waals surface area contributed by atoms with Crippen molar-refractivity contribution in [3.05, 3.63) is 47.0 Å². The molecule has 0 aliphatic carbocycles. The van der Waals surface area contributed by atoms with Gasteiger partial charge in [-0.2, -0.15) is 0 Å². The number of hydrogen-bond donors (Lipinski definition) is 2. The smallest absolute Gasteiger partial charge is 0.338 e. The predicted octanol–water partition coefficient (Wildman–Crippen LogP) is 4.24. The molecule has 0 fully saturated rings. The molecular weight excluding hydrogens is 316 g/mol. The summed E-state index contributed by atoms with van der Waals surface area (Å²) in [5, 5.41) is 3.73. The largest absolute Gasteiger partial charge is 0.495 e. The van der Waals surface area contributed by atoms with E-state index in [1.54, 1.807) is 43.5 Å². The van der Waals surface area contributed by atoms with Crippen LogP contribution in [0.3, 0.4) is 0 Å². The van der Waals surface area contributed by atoms with Gasteiger partial charge in [-0.15, -0.1) is 0 Å². The maximum Gasteiger partial charge on any atom is 0.338 e. The summed E-state index contributed by atoms with van der Waals surface area (Å²) in [5.41, 5.74) is 8.20. The van der Waals surface area contributed by atoms with Crippen molar-refractivity contribution in [1.82, 2.24) is 0 Å². The van der Waals surface area contributed by atoms with Crippen molar-refractivity contribution in [2.45, 2.75) is 13.3 Å². The van der Waals surface area contributed by atoms with E-state index in [0.29, 0.717) is 40.0 Å². The van der Waals surface area contributed by atoms with Crippen molar-refractivity contribution < 1.29 is 14.3 Å². The van der Waals surface area contributed by atoms with Gasteiger partial charge < -0.3 is 20.5 Å². The minimum Gasteiger partial charge on any atom is -0.495 e. The van der Waals surface area contributed by atoms with Crippen LogP contribution in [0.1, 0.15) is 23.7 Å². The zero-order chi connectivity index (χ0) is 16.8. The van der Waals surface area contributed by atoms with E-state index in [0.717, 1.165) is 6.42 Å². The Morgan fingerprint density at radius 1 is 1.22 bits per heavy atom. The normalized spacial score (nSPS) is 10.2. The van der Waals surface area contributed by atoms with Crippen molar-refractivity contribution in [1.29, 1.82) is 0 Å². The molecule has 0 saturated carbocycles. The quantitative estimate of drug-likeness (QED) is 0.610. The molecule has 0 heterocycles. The van der Waals surface area contributed by atoms with Crippen LogP contribution in [0.4, 0.5) is 17.1 Å². The third-order valence-corrected chi connectivity index (χ3v) is 3.39. The molecule has 5 nitrogen and oxygen atoms in total. The molecule has 2 aromatic rings. The highest BCUT2D eigenvalue weighted by Crippen LogP contribution is 2.32. The number of halogens is 1. The molecule has 0 aromatic heterocycles. The fraction of sp³-hybridized carbons (Fsp3) is 0.235. The molecule has 0 aliphatic rings. The lowest BCUT2D eigenvalue weighted by Gasteiger charge is -2.14. The summed E-state index contributed by atoms with van der Waals surface area (Å²) >= 11 is 6.01. The zero-order valence-corrected chi connectivity index (χ0v) is 13.8. The average molecular weight is 335 g/mol. The number of esters is 1. The van der Waals surface area contributed by atoms with Gasteiger partial charge in [0.15, 0.2) is 0 Å². The number of methoxy groups -OCH3 is 1. The van der Waals surface area contributed by atoms with Crippen LogP contribution in [0.25, 0.3) is 0 Å². The lowest BCUT2D eigenvalue weighted by Crippen LogP contribution is -2.07. The summed E-state index contributed by atoms with van der Waals surface area (Å²) in [7, 11) is 1.57. The highest BCUT2D eigenvalue weighted by Gasteiger charge is 2.11. The van der Waals surface area contributed by atoms with Crippen molar-refractivity contribution >= 4 is 34.6 Å². The molecule has 0 amide bonds. The van der Waals surface area contributed by atoms with Gasteiger partial charge in [0.1, 0.15) is 5.75 Å². The number of nitrogens with one attached hydrogen (secondary N) is 1. The summed E-state index contributed by atoms with van der Waals surface area (Å²) in [6.45, 7) is 2.32. The van der Waals surface area contributed by atoms with Gasteiger partial charge in [0, 0.05) is 5.02 Å². The third kappa shape index (κ3) is 4.29. The Labute approximate surface area is 140 Å². The SMILES string of the molecule is CCCOC(=O)c1ccc(Nc2cc(Cl)ccc2OC)c(N)c1. The van der Waals surface area contributed by atoms with Crippen LogP contribution >= 0.6 is 11.6 Å². The topological polar surface area (TPSA) is 73.6 Å². The van der Waals surface area contributed by atoms with Gasteiger partial charge in [0.25, 0.3) is 0 Å². The predicted molar refractivity (Wildman–Crippen MR) is 92.7 cm³/mol. The Bertz CT molecular complexity index is 704. The van der Waals surface area contributed by atoms with E-state index >= 15 is 0 Å². The second-order valence-corrected chi connectivity index (χ2v) is 5.34. The molecular formula is C17H19ClN2O3. The molecule has 0 aliphatic heterocycles. The molecule has 0 spiro atoms. The number of nitrogen functional groups attached to an aromatic ring is 1. The molecule has 6 heteroatoms. The molecule has 0 radical (unpaired) electrons. The number of hydrogen-bond acceptors (Lipinski definition) is 5. The average Bonchev–Trinajstić information content (AvgIpc) is 2.54. The Morgan fingerprint density at radius 3 is 2.65 bits per heavy atom. The van der Waals surface area contributed by atoms with Gasteiger partial charge >= 0.3 is 5.97 Å². The second kappa shape index (κ2) is 7.74. The van der Waals surface area contributed by atoms with Gasteiger partial charge in [-0.05, 0) is 42.8 Å². The Balaban J connectivity index is 2.22. The van der Waals surface area contributed by atoms with Crippen molar-refractivity contribution in [3.63, 3.8) is 0 Å². The minimum atomic E-state index is -0.384. The Morgan fingerprint density at radius 2 is 2.00 bits per heavy atom.